The standard InChI is InChI=1S/C25H41F2N3O3S/c1-18-14-21(15-24(31)33-18)30(3)12-10-20(28-2)17-29-23(16-27)25(32-4)19-6-8-22(9-7-19)34-13-5-11-26/h6-9,17-18,21,23-25,28-29,31H,5,10-16H2,1-4H3/b20-17-/t18-,21+,23-,24-,25-/m1/s1. The fourth-order valence-electron chi connectivity index (χ4n) is 4.15. The Morgan fingerprint density at radius 1 is 1.32 bits per heavy atom. The third-order valence-electron chi connectivity index (χ3n) is 6.16. The van der Waals surface area contributed by atoms with E-state index in [4.69, 9.17) is 9.47 Å². The summed E-state index contributed by atoms with van der Waals surface area (Å²) in [6.07, 6.45) is 3.48. The molecule has 0 amide bonds. The number of rotatable bonds is 15. The van der Waals surface area contributed by atoms with Crippen LogP contribution in [0.15, 0.2) is 41.1 Å². The molecule has 0 aliphatic carbocycles. The van der Waals surface area contributed by atoms with Crippen molar-refractivity contribution in [3.8, 4) is 0 Å². The van der Waals surface area contributed by atoms with E-state index in [1.165, 1.54) is 0 Å². The third kappa shape index (κ3) is 9.34. The van der Waals surface area contributed by atoms with Crippen molar-refractivity contribution in [3.05, 3.63) is 41.7 Å². The maximum absolute atomic E-state index is 14.0. The van der Waals surface area contributed by atoms with Crippen LogP contribution in [0.25, 0.3) is 0 Å². The van der Waals surface area contributed by atoms with Crippen molar-refractivity contribution in [2.75, 3.05) is 46.9 Å². The van der Waals surface area contributed by atoms with E-state index in [0.717, 1.165) is 41.3 Å². The Bertz CT molecular complexity index is 716. The second-order valence-corrected chi connectivity index (χ2v) is 9.89. The first-order chi connectivity index (χ1) is 16.4. The van der Waals surface area contributed by atoms with Crippen molar-refractivity contribution in [1.29, 1.82) is 0 Å². The highest BCUT2D eigenvalue weighted by atomic mass is 32.2. The summed E-state index contributed by atoms with van der Waals surface area (Å²) in [4.78, 5) is 3.30. The average molecular weight is 502 g/mol. The van der Waals surface area contributed by atoms with Gasteiger partial charge in [-0.3, -0.25) is 4.39 Å². The number of methoxy groups -OCH3 is 1. The molecule has 1 heterocycles. The van der Waals surface area contributed by atoms with Crippen molar-refractivity contribution in [2.45, 2.75) is 68.1 Å². The number of hydrogen-bond acceptors (Lipinski definition) is 7. The molecular formula is C25H41F2N3O3S. The molecule has 0 spiro atoms. The molecule has 3 N–H and O–H groups in total. The van der Waals surface area contributed by atoms with Crippen LogP contribution in [0.4, 0.5) is 8.78 Å². The fraction of sp³-hybridized carbons (Fsp3) is 0.680. The summed E-state index contributed by atoms with van der Waals surface area (Å²) in [6, 6.07) is 7.55. The molecule has 2 rings (SSSR count). The first-order valence-electron chi connectivity index (χ1n) is 12.0. The zero-order chi connectivity index (χ0) is 24.9. The summed E-state index contributed by atoms with van der Waals surface area (Å²) in [5, 5.41) is 16.3. The monoisotopic (exact) mass is 501 g/mol. The number of nitrogens with one attached hydrogen (secondary N) is 2. The minimum absolute atomic E-state index is 0.0382. The maximum Gasteiger partial charge on any atom is 0.156 e. The predicted molar refractivity (Wildman–Crippen MR) is 134 cm³/mol. The van der Waals surface area contributed by atoms with Crippen molar-refractivity contribution in [2.24, 2.45) is 0 Å². The number of alkyl halides is 2. The topological polar surface area (TPSA) is 66.0 Å². The Labute approximate surface area is 207 Å². The van der Waals surface area contributed by atoms with Crippen molar-refractivity contribution < 1.29 is 23.4 Å². The zero-order valence-electron chi connectivity index (χ0n) is 20.8. The summed E-state index contributed by atoms with van der Waals surface area (Å²) < 4.78 is 37.3. The van der Waals surface area contributed by atoms with Crippen molar-refractivity contribution in [3.63, 3.8) is 0 Å². The lowest BCUT2D eigenvalue weighted by atomic mass is 10.0. The van der Waals surface area contributed by atoms with Crippen molar-refractivity contribution >= 4 is 11.8 Å². The van der Waals surface area contributed by atoms with Gasteiger partial charge in [0, 0.05) is 62.1 Å². The molecule has 0 aromatic heterocycles. The molecule has 1 aromatic rings. The Hall–Kier alpha value is -1.39. The molecular weight excluding hydrogens is 460 g/mol. The highest BCUT2D eigenvalue weighted by Gasteiger charge is 2.28. The Morgan fingerprint density at radius 3 is 2.65 bits per heavy atom. The summed E-state index contributed by atoms with van der Waals surface area (Å²) >= 11 is 1.61. The fourth-order valence-corrected chi connectivity index (χ4v) is 4.97. The van der Waals surface area contributed by atoms with Gasteiger partial charge in [-0.2, -0.15) is 0 Å². The molecule has 0 saturated carbocycles. The number of ether oxygens (including phenoxy) is 2. The van der Waals surface area contributed by atoms with Crippen LogP contribution in [0.2, 0.25) is 0 Å². The number of benzene rings is 1. The third-order valence-corrected chi connectivity index (χ3v) is 7.26. The molecule has 0 radical (unpaired) electrons. The molecule has 6 nitrogen and oxygen atoms in total. The summed E-state index contributed by atoms with van der Waals surface area (Å²) in [6.45, 7) is 1.89. The first kappa shape index (κ1) is 28.8. The van der Waals surface area contributed by atoms with Gasteiger partial charge in [-0.25, -0.2) is 4.39 Å². The van der Waals surface area contributed by atoms with Gasteiger partial charge in [0.25, 0.3) is 0 Å². The number of hydrogen-bond donors (Lipinski definition) is 3. The van der Waals surface area contributed by atoms with Crippen LogP contribution in [-0.2, 0) is 9.47 Å². The average Bonchev–Trinajstić information content (AvgIpc) is 2.83. The molecule has 1 aliphatic heterocycles. The number of halogens is 2. The van der Waals surface area contributed by atoms with Gasteiger partial charge in [-0.1, -0.05) is 12.1 Å². The second-order valence-electron chi connectivity index (χ2n) is 8.72. The highest BCUT2D eigenvalue weighted by Crippen LogP contribution is 2.26. The SMILES string of the molecule is CN/C(=C\N[C@H](CF)[C@H](OC)c1ccc(SCCCF)cc1)CCN(C)[C@H]1C[C@@H](C)O[C@@H](O)C1. The van der Waals surface area contributed by atoms with Gasteiger partial charge < -0.3 is 30.1 Å². The number of nitrogens with zero attached hydrogens (tertiary/aromatic N) is 1. The molecule has 1 saturated heterocycles. The zero-order valence-corrected chi connectivity index (χ0v) is 21.6. The lowest BCUT2D eigenvalue weighted by molar-refractivity contribution is -0.173. The van der Waals surface area contributed by atoms with Crippen LogP contribution in [-0.4, -0.2) is 81.3 Å². The molecule has 194 valence electrons. The van der Waals surface area contributed by atoms with E-state index in [1.54, 1.807) is 18.9 Å². The van der Waals surface area contributed by atoms with E-state index < -0.39 is 25.1 Å². The number of aliphatic hydroxyl groups is 1. The van der Waals surface area contributed by atoms with Gasteiger partial charge in [-0.05, 0) is 44.5 Å². The first-order valence-corrected chi connectivity index (χ1v) is 12.9. The minimum Gasteiger partial charge on any atom is -0.390 e. The molecule has 1 aliphatic rings. The summed E-state index contributed by atoms with van der Waals surface area (Å²) in [5.74, 6) is 0.735. The smallest absolute Gasteiger partial charge is 0.156 e. The van der Waals surface area contributed by atoms with E-state index in [9.17, 15) is 13.9 Å². The van der Waals surface area contributed by atoms with Crippen LogP contribution in [0.5, 0.6) is 0 Å². The molecule has 9 heteroatoms. The van der Waals surface area contributed by atoms with E-state index in [1.807, 2.05) is 44.4 Å². The number of thioether (sulfide) groups is 1. The van der Waals surface area contributed by atoms with Gasteiger partial charge >= 0.3 is 0 Å². The van der Waals surface area contributed by atoms with E-state index in [0.29, 0.717) is 12.8 Å². The lowest BCUT2D eigenvalue weighted by Crippen LogP contribution is -2.43. The predicted octanol–water partition coefficient (Wildman–Crippen LogP) is 4.02. The normalized spacial score (nSPS) is 23.1. The number of aliphatic hydroxyl groups excluding tert-OH is 1. The molecule has 34 heavy (non-hydrogen) atoms. The quantitative estimate of drug-likeness (QED) is 0.248. The van der Waals surface area contributed by atoms with Gasteiger partial charge in [0.2, 0.25) is 0 Å². The summed E-state index contributed by atoms with van der Waals surface area (Å²) in [5.41, 5.74) is 1.85. The Balaban J connectivity index is 1.93. The van der Waals surface area contributed by atoms with Crippen LogP contribution >= 0.6 is 11.8 Å². The maximum atomic E-state index is 14.0. The summed E-state index contributed by atoms with van der Waals surface area (Å²) in [7, 11) is 5.49. The van der Waals surface area contributed by atoms with Gasteiger partial charge in [0.15, 0.2) is 6.29 Å². The molecule has 5 atom stereocenters. The van der Waals surface area contributed by atoms with E-state index in [2.05, 4.69) is 22.6 Å². The Kier molecular flexibility index (Phi) is 13.2. The van der Waals surface area contributed by atoms with Crippen molar-refractivity contribution in [1.82, 2.24) is 15.5 Å². The minimum atomic E-state index is -0.712. The van der Waals surface area contributed by atoms with Gasteiger partial charge in [0.05, 0.1) is 18.8 Å². The van der Waals surface area contributed by atoms with Crippen LogP contribution in [0.1, 0.15) is 44.3 Å². The second kappa shape index (κ2) is 15.6. The van der Waals surface area contributed by atoms with Gasteiger partial charge in [0.1, 0.15) is 12.8 Å². The van der Waals surface area contributed by atoms with Gasteiger partial charge in [-0.15, -0.1) is 11.8 Å². The Morgan fingerprint density at radius 2 is 2.06 bits per heavy atom. The van der Waals surface area contributed by atoms with E-state index in [-0.39, 0.29) is 18.8 Å². The van der Waals surface area contributed by atoms with Crippen LogP contribution < -0.4 is 10.6 Å². The lowest BCUT2D eigenvalue weighted by Gasteiger charge is -2.36. The van der Waals surface area contributed by atoms with E-state index >= 15 is 0 Å². The molecule has 0 bridgehead atoms. The van der Waals surface area contributed by atoms with Crippen LogP contribution in [0.3, 0.4) is 0 Å². The highest BCUT2D eigenvalue weighted by molar-refractivity contribution is 7.99. The van der Waals surface area contributed by atoms with Crippen LogP contribution in [0, 0.1) is 0 Å². The molecule has 1 aromatic carbocycles. The molecule has 0 unspecified atom stereocenters. The largest absolute Gasteiger partial charge is 0.390 e. The molecule has 1 fully saturated rings.